The second kappa shape index (κ2) is 8.11. The molecule has 0 atom stereocenters. The van der Waals surface area contributed by atoms with Gasteiger partial charge in [-0.1, -0.05) is 96.9 Å². The van der Waals surface area contributed by atoms with Crippen molar-refractivity contribution in [3.63, 3.8) is 0 Å². The summed E-state index contributed by atoms with van der Waals surface area (Å²) in [5.41, 5.74) is -8.26. The molecule has 0 heterocycles. The Morgan fingerprint density at radius 2 is 0.774 bits per heavy atom. The van der Waals surface area contributed by atoms with Gasteiger partial charge in [-0.15, -0.1) is 0 Å². The van der Waals surface area contributed by atoms with Gasteiger partial charge in [0.2, 0.25) is 0 Å². The fourth-order valence-electron chi connectivity index (χ4n) is 5.92. The van der Waals surface area contributed by atoms with Crippen molar-refractivity contribution in [1.29, 1.82) is 0 Å². The van der Waals surface area contributed by atoms with E-state index >= 15 is 0 Å². The van der Waals surface area contributed by atoms with Crippen LogP contribution in [-0.4, -0.2) is 12.4 Å². The molecule has 0 unspecified atom stereocenters. The first-order valence-corrected chi connectivity index (χ1v) is 11.2. The first-order chi connectivity index (χ1) is 13.1. The van der Waals surface area contributed by atoms with Crippen LogP contribution >= 0.6 is 0 Å². The van der Waals surface area contributed by atoms with E-state index in [1.807, 2.05) is 13.8 Å². The number of halogens is 6. The van der Waals surface area contributed by atoms with Gasteiger partial charge in [0.15, 0.2) is 5.41 Å². The maximum absolute atomic E-state index is 14.4. The second-order valence-corrected chi connectivity index (χ2v) is 13.0. The van der Waals surface area contributed by atoms with Crippen LogP contribution in [0.2, 0.25) is 0 Å². The highest BCUT2D eigenvalue weighted by atomic mass is 19.4. The Balaban J connectivity index is 6.85. The molecule has 0 N–H and O–H groups in total. The molecule has 188 valence electrons. The minimum Gasteiger partial charge on any atom is -0.170 e. The fourth-order valence-corrected chi connectivity index (χ4v) is 5.92. The van der Waals surface area contributed by atoms with Crippen LogP contribution < -0.4 is 0 Å². The van der Waals surface area contributed by atoms with Crippen LogP contribution in [-0.2, 0) is 0 Å². The van der Waals surface area contributed by atoms with Crippen LogP contribution in [0, 0.1) is 44.3 Å². The summed E-state index contributed by atoms with van der Waals surface area (Å²) in [7, 11) is 0. The average Bonchev–Trinajstić information content (AvgIpc) is 2.41. The van der Waals surface area contributed by atoms with Gasteiger partial charge in [-0.2, -0.15) is 26.3 Å². The van der Waals surface area contributed by atoms with Crippen molar-refractivity contribution in [3.05, 3.63) is 0 Å². The summed E-state index contributed by atoms with van der Waals surface area (Å²) in [5.74, 6) is -1.37. The average molecular weight is 461 g/mol. The Morgan fingerprint density at radius 1 is 0.484 bits per heavy atom. The molecule has 0 amide bonds. The quantitative estimate of drug-likeness (QED) is 0.316. The van der Waals surface area contributed by atoms with E-state index in [0.29, 0.717) is 0 Å². The van der Waals surface area contributed by atoms with Crippen LogP contribution in [0.25, 0.3) is 0 Å². The molecule has 0 bridgehead atoms. The van der Waals surface area contributed by atoms with E-state index in [1.54, 1.807) is 13.8 Å². The summed E-state index contributed by atoms with van der Waals surface area (Å²) in [6.45, 7) is 24.1. The third-order valence-electron chi connectivity index (χ3n) is 10.1. The van der Waals surface area contributed by atoms with Gasteiger partial charge in [0.05, 0.1) is 0 Å². The molecule has 31 heavy (non-hydrogen) atoms. The minimum atomic E-state index is -5.43. The summed E-state index contributed by atoms with van der Waals surface area (Å²) < 4.78 is 86.3. The fraction of sp³-hybridized carbons (Fsp3) is 1.00. The number of rotatable bonds is 8. The van der Waals surface area contributed by atoms with Crippen LogP contribution in [0.5, 0.6) is 0 Å². The molecule has 0 saturated carbocycles. The van der Waals surface area contributed by atoms with Gasteiger partial charge in [-0.05, 0) is 45.3 Å². The molecule has 0 radical (unpaired) electrons. The third-order valence-corrected chi connectivity index (χ3v) is 10.1. The van der Waals surface area contributed by atoms with E-state index in [9.17, 15) is 26.3 Å². The lowest BCUT2D eigenvalue weighted by Crippen LogP contribution is -2.66. The molecule has 0 nitrogen and oxygen atoms in total. The largest absolute Gasteiger partial charge is 0.403 e. The molecule has 0 rings (SSSR count). The second-order valence-electron chi connectivity index (χ2n) is 13.0. The van der Waals surface area contributed by atoms with Crippen molar-refractivity contribution in [1.82, 2.24) is 0 Å². The van der Waals surface area contributed by atoms with Crippen molar-refractivity contribution in [2.24, 2.45) is 44.3 Å². The maximum Gasteiger partial charge on any atom is 0.403 e. The topological polar surface area (TPSA) is 0 Å². The molecule has 0 aromatic heterocycles. The van der Waals surface area contributed by atoms with Crippen molar-refractivity contribution < 1.29 is 26.3 Å². The smallest absolute Gasteiger partial charge is 0.170 e. The van der Waals surface area contributed by atoms with Gasteiger partial charge >= 0.3 is 12.4 Å². The predicted molar refractivity (Wildman–Crippen MR) is 118 cm³/mol. The Kier molecular flexibility index (Phi) is 8.00. The predicted octanol–water partition coefficient (Wildman–Crippen LogP) is 9.93. The highest BCUT2D eigenvalue weighted by Gasteiger charge is 2.80. The Bertz CT molecular complexity index is 599. The molecular weight excluding hydrogens is 414 g/mol. The van der Waals surface area contributed by atoms with Gasteiger partial charge in [0.1, 0.15) is 0 Å². The Labute approximate surface area is 186 Å². The lowest BCUT2D eigenvalue weighted by atomic mass is 9.43. The van der Waals surface area contributed by atoms with Crippen LogP contribution in [0.4, 0.5) is 26.3 Å². The molecule has 0 aliphatic heterocycles. The molecule has 0 spiro atoms. The third kappa shape index (κ3) is 4.39. The Hall–Kier alpha value is -0.420. The SMILES string of the molecule is CC(C)C(C)(C)C(C)(C)C(C)(C)CC(C)(C)C(C)(C)C(C(C)C)(C(F)(F)F)C(F)(F)F. The van der Waals surface area contributed by atoms with Crippen LogP contribution in [0.1, 0.15) is 103 Å². The van der Waals surface area contributed by atoms with E-state index < -0.39 is 39.9 Å². The van der Waals surface area contributed by atoms with E-state index in [2.05, 4.69) is 41.5 Å². The maximum atomic E-state index is 14.4. The van der Waals surface area contributed by atoms with E-state index in [1.165, 1.54) is 0 Å². The van der Waals surface area contributed by atoms with E-state index in [4.69, 9.17) is 0 Å². The molecule has 6 heteroatoms. The van der Waals surface area contributed by atoms with Gasteiger partial charge in [-0.3, -0.25) is 0 Å². The van der Waals surface area contributed by atoms with Gasteiger partial charge in [0.25, 0.3) is 0 Å². The van der Waals surface area contributed by atoms with Crippen LogP contribution in [0.3, 0.4) is 0 Å². The highest BCUT2D eigenvalue weighted by molar-refractivity contribution is 5.11. The highest BCUT2D eigenvalue weighted by Crippen LogP contribution is 2.71. The van der Waals surface area contributed by atoms with Crippen molar-refractivity contribution in [2.45, 2.75) is 116 Å². The number of hydrogen-bond acceptors (Lipinski definition) is 0. The normalized spacial score (nSPS) is 16.5. The molecule has 0 aliphatic carbocycles. The molecule has 0 saturated heterocycles. The zero-order chi connectivity index (χ0) is 25.9. The number of hydrogen-bond donors (Lipinski definition) is 0. The van der Waals surface area contributed by atoms with Crippen LogP contribution in [0.15, 0.2) is 0 Å². The molecule has 0 aromatic carbocycles. The standard InChI is InChI=1S/C25H46F6/c1-16(2)20(9,10)21(11,12)18(5,6)15-19(7,8)22(13,14)23(17(3)4,24(26,27)28)25(29,30)31/h16-17H,15H2,1-14H3. The molecular formula is C25H46F6. The van der Waals surface area contributed by atoms with Gasteiger partial charge in [-0.25, -0.2) is 0 Å². The van der Waals surface area contributed by atoms with E-state index in [0.717, 1.165) is 27.7 Å². The minimum absolute atomic E-state index is 0.181. The first-order valence-electron chi connectivity index (χ1n) is 11.2. The van der Waals surface area contributed by atoms with Gasteiger partial charge < -0.3 is 0 Å². The first kappa shape index (κ1) is 30.6. The Morgan fingerprint density at radius 3 is 1.00 bits per heavy atom. The van der Waals surface area contributed by atoms with Gasteiger partial charge in [0, 0.05) is 0 Å². The molecule has 0 fully saturated rings. The summed E-state index contributed by atoms with van der Waals surface area (Å²) in [5, 5.41) is 0. The number of alkyl halides is 6. The van der Waals surface area contributed by atoms with Crippen molar-refractivity contribution in [2.75, 3.05) is 0 Å². The summed E-state index contributed by atoms with van der Waals surface area (Å²) in [4.78, 5) is 0. The lowest BCUT2D eigenvalue weighted by molar-refractivity contribution is -0.403. The summed E-state index contributed by atoms with van der Waals surface area (Å²) >= 11 is 0. The van der Waals surface area contributed by atoms with Crippen molar-refractivity contribution in [3.8, 4) is 0 Å². The van der Waals surface area contributed by atoms with Crippen molar-refractivity contribution >= 4 is 0 Å². The summed E-state index contributed by atoms with van der Waals surface area (Å²) in [6.07, 6.45) is -10.6. The molecule has 0 aliphatic rings. The monoisotopic (exact) mass is 460 g/mol. The summed E-state index contributed by atoms with van der Waals surface area (Å²) in [6, 6.07) is 0. The molecule has 0 aromatic rings. The lowest BCUT2D eigenvalue weighted by Gasteiger charge is -2.62. The zero-order valence-electron chi connectivity index (χ0n) is 22.1. The van der Waals surface area contributed by atoms with E-state index in [-0.39, 0.29) is 23.2 Å². The zero-order valence-corrected chi connectivity index (χ0v) is 22.1.